The molecule has 2 amide bonds. The lowest BCUT2D eigenvalue weighted by molar-refractivity contribution is -0.126. The monoisotopic (exact) mass is 490 g/mol. The lowest BCUT2D eigenvalue weighted by Gasteiger charge is -2.31. The zero-order chi connectivity index (χ0) is 23.5. The summed E-state index contributed by atoms with van der Waals surface area (Å²) in [6.07, 6.45) is 3.25. The van der Waals surface area contributed by atoms with E-state index in [1.54, 1.807) is 23.1 Å². The minimum Gasteiger partial charge on any atom is -0.356 e. The predicted molar refractivity (Wildman–Crippen MR) is 128 cm³/mol. The maximum atomic E-state index is 14.3. The van der Waals surface area contributed by atoms with Gasteiger partial charge in [-0.25, -0.2) is 9.37 Å². The first-order valence-electron chi connectivity index (χ1n) is 11.1. The second kappa shape index (κ2) is 10.1. The van der Waals surface area contributed by atoms with Crippen molar-refractivity contribution in [2.75, 3.05) is 19.6 Å². The second-order valence-corrected chi connectivity index (χ2v) is 9.06. The maximum Gasteiger partial charge on any atom is 0.253 e. The van der Waals surface area contributed by atoms with Crippen LogP contribution in [0.5, 0.6) is 0 Å². The van der Waals surface area contributed by atoms with Crippen molar-refractivity contribution in [2.45, 2.75) is 32.6 Å². The lowest BCUT2D eigenvalue weighted by atomic mass is 9.95. The Morgan fingerprint density at radius 1 is 1.21 bits per heavy atom. The first kappa shape index (κ1) is 23.5. The number of nitrogens with one attached hydrogen (secondary N) is 2. The molecular formula is C24H25Cl2FN4O2. The Balaban J connectivity index is 1.50. The Morgan fingerprint density at radius 3 is 2.67 bits per heavy atom. The molecule has 9 heteroatoms. The van der Waals surface area contributed by atoms with Crippen LogP contribution < -0.4 is 5.32 Å². The van der Waals surface area contributed by atoms with Crippen LogP contribution in [0.25, 0.3) is 22.4 Å². The molecule has 4 rings (SSSR count). The zero-order valence-electron chi connectivity index (χ0n) is 18.3. The largest absolute Gasteiger partial charge is 0.356 e. The van der Waals surface area contributed by atoms with Gasteiger partial charge in [-0.1, -0.05) is 42.6 Å². The molecule has 6 nitrogen and oxygen atoms in total. The van der Waals surface area contributed by atoms with E-state index in [1.807, 2.05) is 0 Å². The molecule has 0 saturated carbocycles. The van der Waals surface area contributed by atoms with Gasteiger partial charge >= 0.3 is 0 Å². The van der Waals surface area contributed by atoms with E-state index in [1.165, 1.54) is 12.1 Å². The molecule has 1 fully saturated rings. The van der Waals surface area contributed by atoms with E-state index in [4.69, 9.17) is 23.2 Å². The van der Waals surface area contributed by atoms with Crippen LogP contribution in [0.2, 0.25) is 10.0 Å². The fourth-order valence-electron chi connectivity index (χ4n) is 4.10. The number of likely N-dealkylation sites (tertiary alicyclic amines) is 1. The van der Waals surface area contributed by atoms with Gasteiger partial charge in [0.25, 0.3) is 5.91 Å². The molecule has 2 heterocycles. The molecule has 174 valence electrons. The maximum absolute atomic E-state index is 14.3. The van der Waals surface area contributed by atoms with E-state index < -0.39 is 5.82 Å². The molecule has 0 atom stereocenters. The molecule has 0 aliphatic carbocycles. The molecule has 0 spiro atoms. The number of H-pyrrole nitrogens is 1. The van der Waals surface area contributed by atoms with Gasteiger partial charge in [0, 0.05) is 31.1 Å². The van der Waals surface area contributed by atoms with Crippen molar-refractivity contribution in [1.29, 1.82) is 0 Å². The number of halogens is 3. The van der Waals surface area contributed by atoms with Gasteiger partial charge in [-0.05, 0) is 43.5 Å². The Kier molecular flexibility index (Phi) is 7.20. The summed E-state index contributed by atoms with van der Waals surface area (Å²) in [5, 5.41) is 3.49. The highest BCUT2D eigenvalue weighted by molar-refractivity contribution is 6.35. The second-order valence-electron chi connectivity index (χ2n) is 8.25. The molecule has 33 heavy (non-hydrogen) atoms. The molecule has 1 aliphatic rings. The topological polar surface area (TPSA) is 78.1 Å². The zero-order valence-corrected chi connectivity index (χ0v) is 19.8. The van der Waals surface area contributed by atoms with Gasteiger partial charge in [0.05, 0.1) is 21.1 Å². The van der Waals surface area contributed by atoms with Crippen molar-refractivity contribution in [2.24, 2.45) is 5.92 Å². The van der Waals surface area contributed by atoms with Crippen molar-refractivity contribution in [1.82, 2.24) is 20.2 Å². The minimum atomic E-state index is -0.504. The summed E-state index contributed by atoms with van der Waals surface area (Å²) in [4.78, 5) is 34.6. The van der Waals surface area contributed by atoms with Crippen LogP contribution in [0, 0.1) is 11.7 Å². The average Bonchev–Trinajstić information content (AvgIpc) is 3.23. The van der Waals surface area contributed by atoms with Crippen molar-refractivity contribution < 1.29 is 14.0 Å². The molecule has 3 aromatic rings. The Bertz CT molecular complexity index is 1170. The number of nitrogens with zero attached hydrogens (tertiary/aromatic N) is 2. The summed E-state index contributed by atoms with van der Waals surface area (Å²) in [6, 6.07) is 7.64. The normalized spacial score (nSPS) is 14.6. The van der Waals surface area contributed by atoms with Crippen molar-refractivity contribution in [3.8, 4) is 11.4 Å². The van der Waals surface area contributed by atoms with Crippen LogP contribution in [-0.4, -0.2) is 46.3 Å². The Morgan fingerprint density at radius 2 is 1.97 bits per heavy atom. The van der Waals surface area contributed by atoms with Crippen LogP contribution >= 0.6 is 23.2 Å². The van der Waals surface area contributed by atoms with Gasteiger partial charge in [-0.3, -0.25) is 9.59 Å². The molecule has 2 aromatic carbocycles. The quantitative estimate of drug-likeness (QED) is 0.451. The summed E-state index contributed by atoms with van der Waals surface area (Å²) >= 11 is 12.6. The number of fused-ring (bicyclic) bond motifs is 1. The van der Waals surface area contributed by atoms with Gasteiger partial charge in [0.1, 0.15) is 17.2 Å². The standard InChI is InChI=1S/C24H25Cl2FN4O2/c1-2-3-9-28-23(32)14-7-10-31(11-8-14)24(33)15-12-17(26)21-19(13-15)29-22(30-21)20-16(25)5-4-6-18(20)27/h4-6,12-14H,2-3,7-11H2,1H3,(H,28,32)(H,29,30). The van der Waals surface area contributed by atoms with Gasteiger partial charge in [-0.15, -0.1) is 0 Å². The molecule has 2 N–H and O–H groups in total. The van der Waals surface area contributed by atoms with Crippen molar-refractivity contribution >= 4 is 46.0 Å². The highest BCUT2D eigenvalue weighted by Crippen LogP contribution is 2.33. The number of unbranched alkanes of at least 4 members (excludes halogenated alkanes) is 1. The molecule has 1 saturated heterocycles. The number of rotatable bonds is 6. The molecule has 0 unspecified atom stereocenters. The van der Waals surface area contributed by atoms with E-state index in [0.29, 0.717) is 49.1 Å². The third kappa shape index (κ3) is 4.99. The average molecular weight is 491 g/mol. The fourth-order valence-corrected chi connectivity index (χ4v) is 4.62. The smallest absolute Gasteiger partial charge is 0.253 e. The molecule has 0 bridgehead atoms. The van der Waals surface area contributed by atoms with Crippen molar-refractivity contribution in [3.63, 3.8) is 0 Å². The van der Waals surface area contributed by atoms with Crippen LogP contribution in [0.1, 0.15) is 43.0 Å². The fraction of sp³-hybridized carbons (Fsp3) is 0.375. The van der Waals surface area contributed by atoms with E-state index in [9.17, 15) is 14.0 Å². The summed E-state index contributed by atoms with van der Waals surface area (Å²) in [5.74, 6) is -0.428. The third-order valence-electron chi connectivity index (χ3n) is 5.97. The number of amides is 2. The molecule has 0 radical (unpaired) electrons. The number of hydrogen-bond donors (Lipinski definition) is 2. The highest BCUT2D eigenvalue weighted by Gasteiger charge is 2.28. The number of aromatic amines is 1. The lowest BCUT2D eigenvalue weighted by Crippen LogP contribution is -2.43. The van der Waals surface area contributed by atoms with Crippen LogP contribution in [0.4, 0.5) is 4.39 Å². The highest BCUT2D eigenvalue weighted by atomic mass is 35.5. The number of carbonyl (C=O) groups is 2. The number of imidazole rings is 1. The summed E-state index contributed by atoms with van der Waals surface area (Å²) < 4.78 is 14.3. The van der Waals surface area contributed by atoms with Gasteiger partial charge in [-0.2, -0.15) is 0 Å². The van der Waals surface area contributed by atoms with Crippen molar-refractivity contribution in [3.05, 3.63) is 51.8 Å². The first-order chi connectivity index (χ1) is 15.9. The minimum absolute atomic E-state index is 0.0665. The van der Waals surface area contributed by atoms with Gasteiger partial charge in [0.15, 0.2) is 0 Å². The van der Waals surface area contributed by atoms with Crippen LogP contribution in [0.3, 0.4) is 0 Å². The third-order valence-corrected chi connectivity index (χ3v) is 6.57. The van der Waals surface area contributed by atoms with E-state index >= 15 is 0 Å². The van der Waals surface area contributed by atoms with E-state index in [0.717, 1.165) is 12.8 Å². The van der Waals surface area contributed by atoms with Crippen LogP contribution in [-0.2, 0) is 4.79 Å². The predicted octanol–water partition coefficient (Wildman–Crippen LogP) is 5.44. The molecule has 1 aliphatic heterocycles. The van der Waals surface area contributed by atoms with E-state index in [-0.39, 0.29) is 39.2 Å². The summed E-state index contributed by atoms with van der Waals surface area (Å²) in [5.41, 5.74) is 1.52. The van der Waals surface area contributed by atoms with Gasteiger partial charge < -0.3 is 15.2 Å². The molecule has 1 aromatic heterocycles. The number of hydrogen-bond acceptors (Lipinski definition) is 3. The summed E-state index contributed by atoms with van der Waals surface area (Å²) in [7, 11) is 0. The SMILES string of the molecule is CCCCNC(=O)C1CCN(C(=O)c2cc(Cl)c3nc(-c4c(F)cccc4Cl)[nH]c3c2)CC1. The number of piperidine rings is 1. The number of benzene rings is 2. The first-order valence-corrected chi connectivity index (χ1v) is 11.8. The van der Waals surface area contributed by atoms with Gasteiger partial charge in [0.2, 0.25) is 5.91 Å². The van der Waals surface area contributed by atoms with Crippen LogP contribution in [0.15, 0.2) is 30.3 Å². The van der Waals surface area contributed by atoms with E-state index in [2.05, 4.69) is 22.2 Å². The Labute approximate surface area is 201 Å². The Hall–Kier alpha value is -2.64. The summed E-state index contributed by atoms with van der Waals surface area (Å²) in [6.45, 7) is 3.77. The molecular weight excluding hydrogens is 466 g/mol. The number of aromatic nitrogens is 2. The number of carbonyl (C=O) groups excluding carboxylic acids is 2.